The number of methoxy groups -OCH3 is 3. The lowest BCUT2D eigenvalue weighted by Gasteiger charge is -2.25. The van der Waals surface area contributed by atoms with Gasteiger partial charge in [-0.05, 0) is 43.7 Å². The number of nitrogens with zero attached hydrogens (tertiary/aromatic N) is 2. The summed E-state index contributed by atoms with van der Waals surface area (Å²) in [6.45, 7) is 4.60. The first kappa shape index (κ1) is 27.8. The Kier molecular flexibility index (Phi) is 12.9. The summed E-state index contributed by atoms with van der Waals surface area (Å²) in [5.41, 5.74) is 2.33. The van der Waals surface area contributed by atoms with Crippen molar-refractivity contribution in [1.29, 1.82) is 0 Å². The lowest BCUT2D eigenvalue weighted by molar-refractivity contribution is 0.238. The molecule has 0 heterocycles. The topological polar surface area (TPSA) is 67.4 Å². The van der Waals surface area contributed by atoms with Crippen molar-refractivity contribution in [3.63, 3.8) is 0 Å². The molecule has 0 aliphatic heterocycles. The number of nitrogens with one attached hydrogen (secondary N) is 2. The van der Waals surface area contributed by atoms with Gasteiger partial charge in [-0.1, -0.05) is 30.3 Å². The van der Waals surface area contributed by atoms with Crippen molar-refractivity contribution in [2.75, 3.05) is 42.0 Å². The SMILES string of the molecule is CN=C(NCCC(C)N(C)Cc1ccccc1)NCc1cc(OC)c(OC)c(OC)c1.I. The summed E-state index contributed by atoms with van der Waals surface area (Å²) in [6.07, 6.45) is 1.01. The zero-order valence-electron chi connectivity index (χ0n) is 20.0. The van der Waals surface area contributed by atoms with Crippen LogP contribution in [0.15, 0.2) is 47.5 Å². The minimum atomic E-state index is 0. The fourth-order valence-corrected chi connectivity index (χ4v) is 3.29. The number of ether oxygens (including phenoxy) is 3. The lowest BCUT2D eigenvalue weighted by atomic mass is 10.1. The molecule has 0 bridgehead atoms. The highest BCUT2D eigenvalue weighted by molar-refractivity contribution is 14.0. The van der Waals surface area contributed by atoms with Gasteiger partial charge in [-0.3, -0.25) is 9.89 Å². The van der Waals surface area contributed by atoms with Crippen LogP contribution in [0.1, 0.15) is 24.5 Å². The maximum absolute atomic E-state index is 5.43. The van der Waals surface area contributed by atoms with E-state index < -0.39 is 0 Å². The number of benzene rings is 2. The van der Waals surface area contributed by atoms with E-state index in [1.165, 1.54) is 5.56 Å². The molecule has 0 spiro atoms. The molecule has 0 aromatic heterocycles. The Hall–Kier alpha value is -2.20. The predicted octanol–water partition coefficient (Wildman–Crippen LogP) is 3.91. The van der Waals surface area contributed by atoms with Crippen molar-refractivity contribution in [1.82, 2.24) is 15.5 Å². The monoisotopic (exact) mass is 556 g/mol. The van der Waals surface area contributed by atoms with E-state index in [0.717, 1.165) is 31.0 Å². The van der Waals surface area contributed by atoms with E-state index in [-0.39, 0.29) is 24.0 Å². The molecule has 7 nitrogen and oxygen atoms in total. The van der Waals surface area contributed by atoms with E-state index in [1.54, 1.807) is 28.4 Å². The van der Waals surface area contributed by atoms with Gasteiger partial charge in [-0.2, -0.15) is 0 Å². The van der Waals surface area contributed by atoms with Gasteiger partial charge in [-0.15, -0.1) is 24.0 Å². The second kappa shape index (κ2) is 14.8. The molecule has 2 aromatic carbocycles. The van der Waals surface area contributed by atoms with Crippen molar-refractivity contribution >= 4 is 29.9 Å². The van der Waals surface area contributed by atoms with Gasteiger partial charge in [0.1, 0.15) is 0 Å². The molecule has 1 atom stereocenters. The summed E-state index contributed by atoms with van der Waals surface area (Å²) in [4.78, 5) is 6.69. The average molecular weight is 556 g/mol. The summed E-state index contributed by atoms with van der Waals surface area (Å²) < 4.78 is 16.2. The molecule has 2 rings (SSSR count). The zero-order valence-corrected chi connectivity index (χ0v) is 22.3. The van der Waals surface area contributed by atoms with E-state index >= 15 is 0 Å². The van der Waals surface area contributed by atoms with E-state index in [0.29, 0.717) is 29.8 Å². The molecular weight excluding hydrogens is 519 g/mol. The molecule has 8 heteroatoms. The normalized spacial score (nSPS) is 12.0. The maximum atomic E-state index is 5.43. The van der Waals surface area contributed by atoms with Crippen LogP contribution in [0.25, 0.3) is 0 Å². The standard InChI is InChI=1S/C24H36N4O3.HI/c1-18(28(3)17-19-10-8-7-9-11-19)12-13-26-24(25-2)27-16-20-14-21(29-4)23(31-6)22(15-20)30-5;/h7-11,14-15,18H,12-13,16-17H2,1-6H3,(H2,25,26,27);1H. The first-order valence-electron chi connectivity index (χ1n) is 10.5. The van der Waals surface area contributed by atoms with Gasteiger partial charge in [0.25, 0.3) is 0 Å². The molecular formula is C24H37IN4O3. The van der Waals surface area contributed by atoms with Crippen LogP contribution in [0, 0.1) is 0 Å². The molecule has 0 fully saturated rings. The second-order valence-corrected chi connectivity index (χ2v) is 7.42. The Morgan fingerprint density at radius 1 is 0.969 bits per heavy atom. The molecule has 0 aliphatic rings. The molecule has 0 radical (unpaired) electrons. The van der Waals surface area contributed by atoms with E-state index in [2.05, 4.69) is 58.8 Å². The van der Waals surface area contributed by atoms with Gasteiger partial charge in [0.2, 0.25) is 5.75 Å². The van der Waals surface area contributed by atoms with Gasteiger partial charge in [-0.25, -0.2) is 0 Å². The van der Waals surface area contributed by atoms with Gasteiger partial charge in [0.05, 0.1) is 21.3 Å². The van der Waals surface area contributed by atoms with E-state index in [9.17, 15) is 0 Å². The minimum absolute atomic E-state index is 0. The number of aliphatic imine (C=N–C) groups is 1. The molecule has 2 N–H and O–H groups in total. The van der Waals surface area contributed by atoms with Crippen molar-refractivity contribution in [2.24, 2.45) is 4.99 Å². The summed E-state index contributed by atoms with van der Waals surface area (Å²) in [7, 11) is 8.77. The molecule has 0 saturated heterocycles. The van der Waals surface area contributed by atoms with Crippen LogP contribution in [0.4, 0.5) is 0 Å². The lowest BCUT2D eigenvalue weighted by Crippen LogP contribution is -2.39. The third kappa shape index (κ3) is 8.38. The highest BCUT2D eigenvalue weighted by Crippen LogP contribution is 2.38. The first-order valence-corrected chi connectivity index (χ1v) is 10.5. The van der Waals surface area contributed by atoms with Crippen LogP contribution in [0.2, 0.25) is 0 Å². The van der Waals surface area contributed by atoms with Crippen molar-refractivity contribution < 1.29 is 14.2 Å². The third-order valence-electron chi connectivity index (χ3n) is 5.29. The molecule has 32 heavy (non-hydrogen) atoms. The van der Waals surface area contributed by atoms with Gasteiger partial charge < -0.3 is 24.8 Å². The molecule has 0 aliphatic carbocycles. The summed E-state index contributed by atoms with van der Waals surface area (Å²) >= 11 is 0. The van der Waals surface area contributed by atoms with Gasteiger partial charge >= 0.3 is 0 Å². The maximum Gasteiger partial charge on any atom is 0.203 e. The minimum Gasteiger partial charge on any atom is -0.493 e. The zero-order chi connectivity index (χ0) is 22.6. The van der Waals surface area contributed by atoms with Crippen LogP contribution in [-0.4, -0.2) is 58.9 Å². The number of guanidine groups is 1. The highest BCUT2D eigenvalue weighted by Gasteiger charge is 2.14. The smallest absolute Gasteiger partial charge is 0.203 e. The first-order chi connectivity index (χ1) is 15.0. The van der Waals surface area contributed by atoms with Crippen molar-refractivity contribution in [2.45, 2.75) is 32.5 Å². The number of hydrogen-bond donors (Lipinski definition) is 2. The molecule has 0 saturated carbocycles. The third-order valence-corrected chi connectivity index (χ3v) is 5.29. The van der Waals surface area contributed by atoms with Crippen molar-refractivity contribution in [3.8, 4) is 17.2 Å². The molecule has 1 unspecified atom stereocenters. The van der Waals surface area contributed by atoms with Gasteiger partial charge in [0, 0.05) is 32.7 Å². The number of halogens is 1. The largest absolute Gasteiger partial charge is 0.493 e. The Labute approximate surface area is 209 Å². The second-order valence-electron chi connectivity index (χ2n) is 7.42. The van der Waals surface area contributed by atoms with Crippen LogP contribution in [0.5, 0.6) is 17.2 Å². The fourth-order valence-electron chi connectivity index (χ4n) is 3.29. The number of hydrogen-bond acceptors (Lipinski definition) is 5. The summed E-state index contributed by atoms with van der Waals surface area (Å²) in [5, 5.41) is 6.74. The highest BCUT2D eigenvalue weighted by atomic mass is 127. The van der Waals surface area contributed by atoms with Crippen LogP contribution < -0.4 is 24.8 Å². The van der Waals surface area contributed by atoms with Crippen LogP contribution in [-0.2, 0) is 13.1 Å². The Morgan fingerprint density at radius 3 is 2.12 bits per heavy atom. The Bertz CT molecular complexity index is 808. The predicted molar refractivity (Wildman–Crippen MR) is 142 cm³/mol. The average Bonchev–Trinajstić information content (AvgIpc) is 2.80. The molecule has 0 amide bonds. The number of rotatable bonds is 11. The van der Waals surface area contributed by atoms with Gasteiger partial charge in [0.15, 0.2) is 17.5 Å². The van der Waals surface area contributed by atoms with Crippen LogP contribution in [0.3, 0.4) is 0 Å². The Balaban J connectivity index is 0.00000512. The van der Waals surface area contributed by atoms with Crippen LogP contribution >= 0.6 is 24.0 Å². The molecule has 178 valence electrons. The summed E-state index contributed by atoms with van der Waals surface area (Å²) in [5.74, 6) is 2.62. The quantitative estimate of drug-likeness (QED) is 0.249. The van der Waals surface area contributed by atoms with E-state index in [4.69, 9.17) is 14.2 Å². The summed E-state index contributed by atoms with van der Waals surface area (Å²) in [6, 6.07) is 14.9. The van der Waals surface area contributed by atoms with Crippen molar-refractivity contribution in [3.05, 3.63) is 53.6 Å². The fraction of sp³-hybridized carbons (Fsp3) is 0.458. The molecule has 2 aromatic rings. The Morgan fingerprint density at radius 2 is 1.59 bits per heavy atom. The van der Waals surface area contributed by atoms with E-state index in [1.807, 2.05) is 18.2 Å².